The smallest absolute Gasteiger partial charge is 0.260 e. The second-order valence-corrected chi connectivity index (χ2v) is 9.47. The van der Waals surface area contributed by atoms with Crippen molar-refractivity contribution in [2.24, 2.45) is 5.92 Å². The summed E-state index contributed by atoms with van der Waals surface area (Å²) in [7, 11) is -0.568. The van der Waals surface area contributed by atoms with Gasteiger partial charge in [0, 0.05) is 13.1 Å². The van der Waals surface area contributed by atoms with Crippen LogP contribution < -0.4 is 24.2 Å². The number of nitrogens with one attached hydrogen (secondary N) is 2. The minimum absolute atomic E-state index is 0.120. The summed E-state index contributed by atoms with van der Waals surface area (Å²) >= 11 is 0. The maximum Gasteiger partial charge on any atom is 0.260 e. The van der Waals surface area contributed by atoms with Gasteiger partial charge in [-0.15, -0.1) is 0 Å². The molecule has 0 heterocycles. The van der Waals surface area contributed by atoms with Crippen LogP contribution in [0, 0.1) is 5.92 Å². The summed E-state index contributed by atoms with van der Waals surface area (Å²) in [4.78, 5) is 12.2. The number of methoxy groups -OCH3 is 2. The highest BCUT2D eigenvalue weighted by atomic mass is 32.2. The van der Waals surface area contributed by atoms with Crippen molar-refractivity contribution in [3.05, 3.63) is 48.0 Å². The summed E-state index contributed by atoms with van der Waals surface area (Å²) in [5.41, 5.74) is 0.916. The van der Waals surface area contributed by atoms with E-state index in [0.717, 1.165) is 5.56 Å². The van der Waals surface area contributed by atoms with Crippen LogP contribution in [-0.4, -0.2) is 47.7 Å². The molecule has 0 bridgehead atoms. The van der Waals surface area contributed by atoms with E-state index >= 15 is 0 Å². The zero-order valence-corrected chi connectivity index (χ0v) is 20.0. The molecule has 2 aromatic rings. The van der Waals surface area contributed by atoms with Crippen LogP contribution >= 0.6 is 0 Å². The quantitative estimate of drug-likeness (QED) is 0.501. The van der Waals surface area contributed by atoms with Gasteiger partial charge in [0.05, 0.1) is 19.1 Å². The van der Waals surface area contributed by atoms with Crippen LogP contribution in [0.1, 0.15) is 26.3 Å². The van der Waals surface area contributed by atoms with Crippen molar-refractivity contribution in [3.8, 4) is 17.2 Å². The topological polar surface area (TPSA) is 103 Å². The molecule has 0 saturated carbocycles. The van der Waals surface area contributed by atoms with E-state index in [1.807, 2.05) is 26.0 Å². The van der Waals surface area contributed by atoms with Crippen molar-refractivity contribution in [2.45, 2.75) is 38.2 Å². The van der Waals surface area contributed by atoms with Gasteiger partial charge in [0.15, 0.2) is 17.6 Å². The van der Waals surface area contributed by atoms with Gasteiger partial charge < -0.3 is 19.5 Å². The number of carbonyl (C=O) groups excluding carboxylic acids is 1. The summed E-state index contributed by atoms with van der Waals surface area (Å²) in [5, 5.41) is 2.80. The third-order valence-corrected chi connectivity index (χ3v) is 6.13. The summed E-state index contributed by atoms with van der Waals surface area (Å²) in [6.45, 7) is 6.46. The Morgan fingerprint density at radius 3 is 2.22 bits per heavy atom. The van der Waals surface area contributed by atoms with Gasteiger partial charge >= 0.3 is 0 Å². The number of hydrogen-bond donors (Lipinski definition) is 2. The van der Waals surface area contributed by atoms with E-state index in [2.05, 4.69) is 10.0 Å². The first-order chi connectivity index (χ1) is 15.2. The third-order valence-electron chi connectivity index (χ3n) is 4.65. The molecule has 0 fully saturated rings. The first-order valence-corrected chi connectivity index (χ1v) is 11.9. The summed E-state index contributed by atoms with van der Waals surface area (Å²) in [6.07, 6.45) is -0.195. The Kier molecular flexibility index (Phi) is 9.34. The predicted molar refractivity (Wildman–Crippen MR) is 123 cm³/mol. The van der Waals surface area contributed by atoms with Crippen molar-refractivity contribution < 1.29 is 27.4 Å². The van der Waals surface area contributed by atoms with Crippen LogP contribution in [0.15, 0.2) is 47.4 Å². The first-order valence-electron chi connectivity index (χ1n) is 10.4. The molecule has 0 spiro atoms. The Morgan fingerprint density at radius 2 is 1.62 bits per heavy atom. The molecule has 8 nitrogen and oxygen atoms in total. The molecule has 2 aromatic carbocycles. The maximum absolute atomic E-state index is 12.6. The molecule has 1 amide bonds. The number of rotatable bonds is 12. The number of benzene rings is 2. The fourth-order valence-electron chi connectivity index (χ4n) is 2.85. The molecule has 2 N–H and O–H groups in total. The Labute approximate surface area is 190 Å². The summed E-state index contributed by atoms with van der Waals surface area (Å²) < 4.78 is 43.8. The average molecular weight is 465 g/mol. The highest BCUT2D eigenvalue weighted by Gasteiger charge is 2.17. The monoisotopic (exact) mass is 464 g/mol. The second-order valence-electron chi connectivity index (χ2n) is 7.71. The molecule has 0 aliphatic rings. The van der Waals surface area contributed by atoms with Gasteiger partial charge in [-0.1, -0.05) is 19.9 Å². The highest BCUT2D eigenvalue weighted by Crippen LogP contribution is 2.27. The maximum atomic E-state index is 12.6. The SMILES string of the molecule is COc1ccc(CCNS(=O)(=O)c2ccc(O[C@H](C)C(=O)NCC(C)C)cc2)cc1OC. The van der Waals surface area contributed by atoms with E-state index in [1.54, 1.807) is 27.2 Å². The molecular formula is C23H32N2O6S. The molecule has 9 heteroatoms. The molecule has 1 atom stereocenters. The summed E-state index contributed by atoms with van der Waals surface area (Å²) in [6, 6.07) is 11.4. The van der Waals surface area contributed by atoms with Crippen molar-refractivity contribution in [3.63, 3.8) is 0 Å². The lowest BCUT2D eigenvalue weighted by atomic mass is 10.1. The minimum Gasteiger partial charge on any atom is -0.493 e. The van der Waals surface area contributed by atoms with E-state index in [4.69, 9.17) is 14.2 Å². The molecular weight excluding hydrogens is 432 g/mol. The molecule has 2 rings (SSSR count). The molecule has 0 saturated heterocycles. The number of amides is 1. The lowest BCUT2D eigenvalue weighted by Crippen LogP contribution is -2.38. The van der Waals surface area contributed by atoms with Crippen LogP contribution in [0.3, 0.4) is 0 Å². The standard InChI is InChI=1S/C23H32N2O6S/c1-16(2)15-24-23(26)17(3)31-19-7-9-20(10-8-19)32(27,28)25-13-12-18-6-11-21(29-4)22(14-18)30-5/h6-11,14,16-17,25H,12-13,15H2,1-5H3,(H,24,26)/t17-/m1/s1. The molecule has 0 aliphatic heterocycles. The zero-order valence-electron chi connectivity index (χ0n) is 19.2. The van der Waals surface area contributed by atoms with E-state index in [1.165, 1.54) is 24.3 Å². The number of carbonyl (C=O) groups is 1. The lowest BCUT2D eigenvalue weighted by Gasteiger charge is -2.16. The minimum atomic E-state index is -3.68. The Hall–Kier alpha value is -2.78. The third kappa shape index (κ3) is 7.42. The fourth-order valence-corrected chi connectivity index (χ4v) is 3.88. The number of ether oxygens (including phenoxy) is 3. The molecule has 0 unspecified atom stereocenters. The van der Waals surface area contributed by atoms with Crippen LogP contribution in [-0.2, 0) is 21.2 Å². The molecule has 0 aliphatic carbocycles. The lowest BCUT2D eigenvalue weighted by molar-refractivity contribution is -0.127. The van der Waals surface area contributed by atoms with E-state index < -0.39 is 16.1 Å². The zero-order chi connectivity index (χ0) is 23.7. The van der Waals surface area contributed by atoms with Crippen molar-refractivity contribution in [1.29, 1.82) is 0 Å². The van der Waals surface area contributed by atoms with Crippen molar-refractivity contribution >= 4 is 15.9 Å². The van der Waals surface area contributed by atoms with Gasteiger partial charge in [-0.2, -0.15) is 0 Å². The van der Waals surface area contributed by atoms with Crippen molar-refractivity contribution in [1.82, 2.24) is 10.0 Å². The van der Waals surface area contributed by atoms with E-state index in [9.17, 15) is 13.2 Å². The average Bonchev–Trinajstić information content (AvgIpc) is 2.77. The first kappa shape index (κ1) is 25.5. The normalized spacial score (nSPS) is 12.3. The van der Waals surface area contributed by atoms with Crippen molar-refractivity contribution in [2.75, 3.05) is 27.3 Å². The van der Waals surface area contributed by atoms with Gasteiger partial charge in [-0.05, 0) is 61.2 Å². The Bertz CT molecular complexity index is 990. The van der Waals surface area contributed by atoms with Gasteiger partial charge in [0.2, 0.25) is 10.0 Å². The summed E-state index contributed by atoms with van der Waals surface area (Å²) in [5.74, 6) is 1.75. The molecule has 0 radical (unpaired) electrons. The number of sulfonamides is 1. The largest absolute Gasteiger partial charge is 0.493 e. The Balaban J connectivity index is 1.92. The van der Waals surface area contributed by atoms with Crippen LogP contribution in [0.2, 0.25) is 0 Å². The molecule has 0 aromatic heterocycles. The highest BCUT2D eigenvalue weighted by molar-refractivity contribution is 7.89. The van der Waals surface area contributed by atoms with E-state index in [0.29, 0.717) is 36.1 Å². The fraction of sp³-hybridized carbons (Fsp3) is 0.435. The molecule has 32 heavy (non-hydrogen) atoms. The van der Waals surface area contributed by atoms with Crippen LogP contribution in [0.25, 0.3) is 0 Å². The van der Waals surface area contributed by atoms with E-state index in [-0.39, 0.29) is 17.3 Å². The van der Waals surface area contributed by atoms with Gasteiger partial charge in [0.1, 0.15) is 5.75 Å². The Morgan fingerprint density at radius 1 is 0.969 bits per heavy atom. The van der Waals surface area contributed by atoms with Gasteiger partial charge in [-0.3, -0.25) is 4.79 Å². The second kappa shape index (κ2) is 11.7. The number of hydrogen-bond acceptors (Lipinski definition) is 6. The predicted octanol–water partition coefficient (Wildman–Crippen LogP) is 2.76. The molecule has 176 valence electrons. The van der Waals surface area contributed by atoms with Crippen LogP contribution in [0.4, 0.5) is 0 Å². The van der Waals surface area contributed by atoms with Gasteiger partial charge in [0.25, 0.3) is 5.91 Å². The van der Waals surface area contributed by atoms with Gasteiger partial charge in [-0.25, -0.2) is 13.1 Å². The van der Waals surface area contributed by atoms with Crippen LogP contribution in [0.5, 0.6) is 17.2 Å².